The summed E-state index contributed by atoms with van der Waals surface area (Å²) >= 11 is 0. The van der Waals surface area contributed by atoms with Crippen LogP contribution in [0.2, 0.25) is 0 Å². The maximum atomic E-state index is 11.6. The summed E-state index contributed by atoms with van der Waals surface area (Å²) in [4.78, 5) is 11.6. The van der Waals surface area contributed by atoms with E-state index in [9.17, 15) is 20.1 Å². The number of hydrogen-bond acceptors (Lipinski definition) is 6. The fraction of sp³-hybridized carbons (Fsp3) is 0.364. The van der Waals surface area contributed by atoms with E-state index in [1.54, 1.807) is 0 Å². The van der Waals surface area contributed by atoms with Gasteiger partial charge in [0.1, 0.15) is 17.8 Å². The van der Waals surface area contributed by atoms with Crippen molar-refractivity contribution in [1.82, 2.24) is 0 Å². The minimum absolute atomic E-state index is 0.129. The molecule has 2 rings (SSSR count). The highest BCUT2D eigenvalue weighted by atomic mass is 16.6. The summed E-state index contributed by atoms with van der Waals surface area (Å²) in [5.41, 5.74) is -0.0465. The van der Waals surface area contributed by atoms with Crippen molar-refractivity contribution in [2.24, 2.45) is 0 Å². The summed E-state index contributed by atoms with van der Waals surface area (Å²) in [6.07, 6.45) is -1.83. The molecule has 1 aliphatic rings. The Morgan fingerprint density at radius 1 is 1.41 bits per heavy atom. The van der Waals surface area contributed by atoms with Crippen LogP contribution in [0, 0.1) is 0 Å². The fourth-order valence-electron chi connectivity index (χ4n) is 1.85. The van der Waals surface area contributed by atoms with Gasteiger partial charge in [-0.1, -0.05) is 0 Å². The first-order valence-electron chi connectivity index (χ1n) is 4.99. The number of aromatic hydroxyl groups is 2. The predicted octanol–water partition coefficient (Wildman–Crippen LogP) is 0.699. The second-order valence-corrected chi connectivity index (χ2v) is 3.80. The molecule has 0 unspecified atom stereocenters. The van der Waals surface area contributed by atoms with Crippen LogP contribution in [0.15, 0.2) is 6.07 Å². The van der Waals surface area contributed by atoms with Crippen molar-refractivity contribution < 1.29 is 29.6 Å². The number of carbonyl (C=O) groups excluding carboxylic acids is 1. The first-order chi connectivity index (χ1) is 7.97. The molecule has 0 radical (unpaired) electrons. The standard InChI is InChI=1S/C11H12O6/c1-4-8(13)5-3-6(12)10(16-2)9(14)7(5)11(15)17-4/h3-4,8,12-14H,1-2H3/t4-,8-/m0/s1. The van der Waals surface area contributed by atoms with E-state index in [0.29, 0.717) is 0 Å². The molecule has 1 aliphatic heterocycles. The van der Waals surface area contributed by atoms with E-state index in [4.69, 9.17) is 9.47 Å². The van der Waals surface area contributed by atoms with E-state index in [1.807, 2.05) is 0 Å². The molecule has 6 nitrogen and oxygen atoms in total. The number of ether oxygens (including phenoxy) is 2. The number of methoxy groups -OCH3 is 1. The van der Waals surface area contributed by atoms with Crippen molar-refractivity contribution in [3.05, 3.63) is 17.2 Å². The van der Waals surface area contributed by atoms with Crippen molar-refractivity contribution in [3.63, 3.8) is 0 Å². The van der Waals surface area contributed by atoms with Crippen molar-refractivity contribution in [2.75, 3.05) is 7.11 Å². The van der Waals surface area contributed by atoms with Crippen LogP contribution < -0.4 is 4.74 Å². The van der Waals surface area contributed by atoms with Gasteiger partial charge in [0.2, 0.25) is 5.75 Å². The summed E-state index contributed by atoms with van der Waals surface area (Å²) < 4.78 is 9.62. The highest BCUT2D eigenvalue weighted by Gasteiger charge is 2.36. The van der Waals surface area contributed by atoms with Gasteiger partial charge in [0.15, 0.2) is 11.5 Å². The summed E-state index contributed by atoms with van der Waals surface area (Å²) in [7, 11) is 1.24. The minimum Gasteiger partial charge on any atom is -0.504 e. The van der Waals surface area contributed by atoms with Crippen LogP contribution in [0.25, 0.3) is 0 Å². The van der Waals surface area contributed by atoms with E-state index in [0.717, 1.165) is 0 Å². The molecule has 0 saturated carbocycles. The van der Waals surface area contributed by atoms with Crippen LogP contribution >= 0.6 is 0 Å². The molecule has 0 amide bonds. The Hall–Kier alpha value is -1.95. The number of cyclic esters (lactones) is 1. The zero-order chi connectivity index (χ0) is 12.7. The van der Waals surface area contributed by atoms with Gasteiger partial charge in [-0.15, -0.1) is 0 Å². The molecule has 3 N–H and O–H groups in total. The number of fused-ring (bicyclic) bond motifs is 1. The van der Waals surface area contributed by atoms with Gasteiger partial charge in [0.05, 0.1) is 7.11 Å². The highest BCUT2D eigenvalue weighted by molar-refractivity contribution is 5.97. The Labute approximate surface area is 97.0 Å². The lowest BCUT2D eigenvalue weighted by molar-refractivity contribution is -0.0218. The first-order valence-corrected chi connectivity index (χ1v) is 4.99. The SMILES string of the molecule is COc1c(O)cc2c(c1O)C(=O)O[C@@H](C)[C@@H]2O. The first kappa shape index (κ1) is 11.5. The average Bonchev–Trinajstić information content (AvgIpc) is 2.25. The maximum Gasteiger partial charge on any atom is 0.342 e. The van der Waals surface area contributed by atoms with Crippen molar-refractivity contribution in [3.8, 4) is 17.2 Å². The van der Waals surface area contributed by atoms with Gasteiger partial charge in [-0.05, 0) is 13.0 Å². The lowest BCUT2D eigenvalue weighted by atomic mass is 9.95. The van der Waals surface area contributed by atoms with Crippen LogP contribution in [-0.4, -0.2) is 34.5 Å². The average molecular weight is 240 g/mol. The molecule has 0 saturated heterocycles. The molecular formula is C11H12O6. The molecule has 0 aliphatic carbocycles. The lowest BCUT2D eigenvalue weighted by Crippen LogP contribution is -2.30. The molecule has 0 spiro atoms. The topological polar surface area (TPSA) is 96.2 Å². The molecule has 92 valence electrons. The number of rotatable bonds is 1. The third-order valence-corrected chi connectivity index (χ3v) is 2.73. The zero-order valence-electron chi connectivity index (χ0n) is 9.30. The number of phenolic OH excluding ortho intramolecular Hbond substituents is 2. The van der Waals surface area contributed by atoms with Crippen LogP contribution in [-0.2, 0) is 4.74 Å². The van der Waals surface area contributed by atoms with Gasteiger partial charge in [0, 0.05) is 5.56 Å². The molecular weight excluding hydrogens is 228 g/mol. The van der Waals surface area contributed by atoms with Gasteiger partial charge in [-0.2, -0.15) is 0 Å². The number of phenols is 2. The van der Waals surface area contributed by atoms with Crippen LogP contribution in [0.3, 0.4) is 0 Å². The van der Waals surface area contributed by atoms with Crippen molar-refractivity contribution >= 4 is 5.97 Å². The summed E-state index contributed by atoms with van der Waals surface area (Å²) in [5, 5.41) is 29.2. The Morgan fingerprint density at radius 3 is 2.65 bits per heavy atom. The number of hydrogen-bond donors (Lipinski definition) is 3. The molecule has 6 heteroatoms. The van der Waals surface area contributed by atoms with Crippen LogP contribution in [0.5, 0.6) is 17.2 Å². The fourth-order valence-corrected chi connectivity index (χ4v) is 1.85. The molecule has 0 bridgehead atoms. The molecule has 1 aromatic carbocycles. The summed E-state index contributed by atoms with van der Waals surface area (Å²) in [6.45, 7) is 1.52. The van der Waals surface area contributed by atoms with Crippen LogP contribution in [0.1, 0.15) is 28.9 Å². The molecule has 17 heavy (non-hydrogen) atoms. The predicted molar refractivity (Wildman–Crippen MR) is 56.2 cm³/mol. The number of aliphatic hydroxyl groups excluding tert-OH is 1. The van der Waals surface area contributed by atoms with Gasteiger partial charge in [-0.3, -0.25) is 0 Å². The largest absolute Gasteiger partial charge is 0.504 e. The van der Waals surface area contributed by atoms with E-state index < -0.39 is 23.9 Å². The Balaban J connectivity index is 2.70. The molecule has 2 atom stereocenters. The molecule has 1 aromatic rings. The number of benzene rings is 1. The van der Waals surface area contributed by atoms with Gasteiger partial charge >= 0.3 is 5.97 Å². The third-order valence-electron chi connectivity index (χ3n) is 2.73. The Kier molecular flexibility index (Phi) is 2.59. The van der Waals surface area contributed by atoms with E-state index >= 15 is 0 Å². The number of carbonyl (C=O) groups is 1. The molecule has 0 aromatic heterocycles. The van der Waals surface area contributed by atoms with Gasteiger partial charge in [-0.25, -0.2) is 4.79 Å². The maximum absolute atomic E-state index is 11.6. The van der Waals surface area contributed by atoms with Crippen LogP contribution in [0.4, 0.5) is 0 Å². The molecule has 0 fully saturated rings. The normalized spacial score (nSPS) is 22.9. The van der Waals surface area contributed by atoms with Gasteiger partial charge < -0.3 is 24.8 Å². The lowest BCUT2D eigenvalue weighted by Gasteiger charge is -2.28. The summed E-state index contributed by atoms with van der Waals surface area (Å²) in [5.74, 6) is -1.85. The van der Waals surface area contributed by atoms with Crippen molar-refractivity contribution in [2.45, 2.75) is 19.1 Å². The zero-order valence-corrected chi connectivity index (χ0v) is 9.30. The smallest absolute Gasteiger partial charge is 0.342 e. The Bertz CT molecular complexity index is 481. The number of esters is 1. The van der Waals surface area contributed by atoms with E-state index in [1.165, 1.54) is 20.1 Å². The second kappa shape index (κ2) is 3.81. The minimum atomic E-state index is -1.09. The van der Waals surface area contributed by atoms with E-state index in [-0.39, 0.29) is 22.6 Å². The Morgan fingerprint density at radius 2 is 2.06 bits per heavy atom. The molecule has 1 heterocycles. The quantitative estimate of drug-likeness (QED) is 0.625. The third kappa shape index (κ3) is 1.57. The monoisotopic (exact) mass is 240 g/mol. The van der Waals surface area contributed by atoms with Crippen molar-refractivity contribution in [1.29, 1.82) is 0 Å². The highest BCUT2D eigenvalue weighted by Crippen LogP contribution is 2.45. The number of aliphatic hydroxyl groups is 1. The summed E-state index contributed by atoms with van der Waals surface area (Å²) in [6, 6.07) is 1.19. The second-order valence-electron chi connectivity index (χ2n) is 3.80. The van der Waals surface area contributed by atoms with E-state index in [2.05, 4.69) is 0 Å². The van der Waals surface area contributed by atoms with Gasteiger partial charge in [0.25, 0.3) is 0 Å².